The van der Waals surface area contributed by atoms with Crippen LogP contribution in [0.1, 0.15) is 15.9 Å². The van der Waals surface area contributed by atoms with E-state index in [0.717, 1.165) is 23.5 Å². The fourth-order valence-electron chi connectivity index (χ4n) is 2.83. The van der Waals surface area contributed by atoms with Gasteiger partial charge in [-0.2, -0.15) is 13.2 Å². The Kier molecular flexibility index (Phi) is 5.08. The monoisotopic (exact) mass is 449 g/mol. The van der Waals surface area contributed by atoms with Crippen LogP contribution in [0, 0.1) is 0 Å². The number of pyridine rings is 1. The van der Waals surface area contributed by atoms with E-state index in [4.69, 9.17) is 11.6 Å². The van der Waals surface area contributed by atoms with Crippen molar-refractivity contribution in [2.75, 3.05) is 5.32 Å². The van der Waals surface area contributed by atoms with E-state index in [0.29, 0.717) is 16.6 Å². The molecule has 0 aliphatic heterocycles. The molecule has 0 bridgehead atoms. The Bertz CT molecular complexity index is 1260. The molecule has 152 valence electrons. The number of alkyl halides is 3. The molecule has 0 saturated carbocycles. The van der Waals surface area contributed by atoms with E-state index in [1.807, 2.05) is 0 Å². The predicted molar refractivity (Wildman–Crippen MR) is 109 cm³/mol. The Morgan fingerprint density at radius 3 is 2.67 bits per heavy atom. The predicted octanol–water partition coefficient (Wildman–Crippen LogP) is 5.99. The lowest BCUT2D eigenvalue weighted by Gasteiger charge is -2.10. The molecule has 4 rings (SSSR count). The second-order valence-corrected chi connectivity index (χ2v) is 7.71. The average Bonchev–Trinajstić information content (AvgIpc) is 3.10. The number of phenolic OH excluding ortho intramolecular Hbond substituents is 1. The zero-order chi connectivity index (χ0) is 21.5. The van der Waals surface area contributed by atoms with E-state index in [-0.39, 0.29) is 26.2 Å². The number of phenols is 1. The third kappa shape index (κ3) is 3.94. The van der Waals surface area contributed by atoms with Gasteiger partial charge in [0.05, 0.1) is 21.3 Å². The number of carbonyl (C=O) groups is 1. The van der Waals surface area contributed by atoms with Crippen LogP contribution >= 0.6 is 22.9 Å². The van der Waals surface area contributed by atoms with E-state index in [1.54, 1.807) is 18.3 Å². The molecule has 2 N–H and O–H groups in total. The lowest BCUT2D eigenvalue weighted by Crippen LogP contribution is -2.12. The average molecular weight is 450 g/mol. The van der Waals surface area contributed by atoms with Crippen molar-refractivity contribution in [1.29, 1.82) is 0 Å². The number of carbonyl (C=O) groups excluding carboxylic acids is 1. The van der Waals surface area contributed by atoms with Crippen molar-refractivity contribution in [1.82, 2.24) is 9.97 Å². The van der Waals surface area contributed by atoms with Crippen LogP contribution in [0.25, 0.3) is 21.3 Å². The highest BCUT2D eigenvalue weighted by Crippen LogP contribution is 2.37. The second-order valence-electron chi connectivity index (χ2n) is 6.24. The minimum Gasteiger partial charge on any atom is -0.506 e. The van der Waals surface area contributed by atoms with Gasteiger partial charge in [0, 0.05) is 28.5 Å². The molecule has 0 aliphatic carbocycles. The number of aromatic hydroxyl groups is 1. The van der Waals surface area contributed by atoms with Gasteiger partial charge >= 0.3 is 6.18 Å². The number of benzene rings is 2. The maximum Gasteiger partial charge on any atom is 0.416 e. The zero-order valence-corrected chi connectivity index (χ0v) is 16.4. The SMILES string of the molecule is O=C(Nc1nc2ccc(C(F)(F)F)cc2s1)c1cc(Cl)cc(-c2cccnc2)c1O. The van der Waals surface area contributed by atoms with Gasteiger partial charge in [-0.25, -0.2) is 4.98 Å². The molecular formula is C20H11ClF3N3O2S. The number of halogens is 4. The minimum absolute atomic E-state index is 0.0941. The van der Waals surface area contributed by atoms with Gasteiger partial charge in [0.2, 0.25) is 0 Å². The smallest absolute Gasteiger partial charge is 0.416 e. The molecule has 5 nitrogen and oxygen atoms in total. The summed E-state index contributed by atoms with van der Waals surface area (Å²) in [4.78, 5) is 20.8. The summed E-state index contributed by atoms with van der Waals surface area (Å²) in [5, 5.41) is 13.4. The number of amides is 1. The van der Waals surface area contributed by atoms with Crippen molar-refractivity contribution in [2.24, 2.45) is 0 Å². The topological polar surface area (TPSA) is 75.1 Å². The molecule has 0 fully saturated rings. The number of aromatic nitrogens is 2. The van der Waals surface area contributed by atoms with E-state index >= 15 is 0 Å². The van der Waals surface area contributed by atoms with Gasteiger partial charge in [0.1, 0.15) is 5.75 Å². The van der Waals surface area contributed by atoms with Crippen molar-refractivity contribution in [2.45, 2.75) is 6.18 Å². The molecule has 0 aliphatic rings. The summed E-state index contributed by atoms with van der Waals surface area (Å²) >= 11 is 7.01. The molecule has 2 heterocycles. The third-order valence-electron chi connectivity index (χ3n) is 4.23. The first kappa shape index (κ1) is 20.1. The van der Waals surface area contributed by atoms with E-state index in [1.165, 1.54) is 24.4 Å². The standard InChI is InChI=1S/C20H11ClF3N3O2S/c21-12-7-13(10-2-1-5-25-9-10)17(28)14(8-12)18(29)27-19-26-15-4-3-11(20(22,23)24)6-16(15)30-19/h1-9,28H,(H,26,27,29). The molecule has 4 aromatic rings. The van der Waals surface area contributed by atoms with Crippen LogP contribution < -0.4 is 5.32 Å². The van der Waals surface area contributed by atoms with Crippen molar-refractivity contribution >= 4 is 44.2 Å². The summed E-state index contributed by atoms with van der Waals surface area (Å²) in [5.74, 6) is -0.999. The first-order valence-corrected chi connectivity index (χ1v) is 9.64. The van der Waals surface area contributed by atoms with Gasteiger partial charge in [0.25, 0.3) is 5.91 Å². The maximum atomic E-state index is 12.9. The first-order valence-electron chi connectivity index (χ1n) is 8.44. The Morgan fingerprint density at radius 2 is 1.97 bits per heavy atom. The molecule has 0 saturated heterocycles. The van der Waals surface area contributed by atoms with Crippen LogP contribution in [-0.4, -0.2) is 21.0 Å². The molecule has 30 heavy (non-hydrogen) atoms. The zero-order valence-electron chi connectivity index (χ0n) is 14.9. The third-order valence-corrected chi connectivity index (χ3v) is 5.38. The van der Waals surface area contributed by atoms with Crippen LogP contribution in [0.5, 0.6) is 5.75 Å². The summed E-state index contributed by atoms with van der Waals surface area (Å²) in [6, 6.07) is 9.30. The number of anilines is 1. The Labute approximate surface area is 176 Å². The van der Waals surface area contributed by atoms with Crippen LogP contribution in [0.3, 0.4) is 0 Å². The molecular weight excluding hydrogens is 439 g/mol. The number of thiazole rings is 1. The molecule has 2 aromatic heterocycles. The van der Waals surface area contributed by atoms with Gasteiger partial charge in [0.15, 0.2) is 5.13 Å². The lowest BCUT2D eigenvalue weighted by atomic mass is 10.0. The van der Waals surface area contributed by atoms with Crippen LogP contribution in [0.2, 0.25) is 5.02 Å². The number of fused-ring (bicyclic) bond motifs is 1. The minimum atomic E-state index is -4.48. The fourth-order valence-corrected chi connectivity index (χ4v) is 3.95. The quantitative estimate of drug-likeness (QED) is 0.403. The van der Waals surface area contributed by atoms with Gasteiger partial charge < -0.3 is 5.11 Å². The first-order chi connectivity index (χ1) is 14.2. The maximum absolute atomic E-state index is 12.9. The number of nitrogens with zero attached hydrogens (tertiary/aromatic N) is 2. The van der Waals surface area contributed by atoms with Crippen molar-refractivity contribution in [3.8, 4) is 16.9 Å². The van der Waals surface area contributed by atoms with Gasteiger partial charge in [-0.15, -0.1) is 0 Å². The van der Waals surface area contributed by atoms with Crippen LogP contribution in [0.4, 0.5) is 18.3 Å². The highest BCUT2D eigenvalue weighted by molar-refractivity contribution is 7.22. The normalized spacial score (nSPS) is 11.6. The molecule has 2 aromatic carbocycles. The van der Waals surface area contributed by atoms with Crippen LogP contribution in [-0.2, 0) is 6.18 Å². The molecule has 0 unspecified atom stereocenters. The molecule has 10 heteroatoms. The molecule has 0 spiro atoms. The Morgan fingerprint density at radius 1 is 1.17 bits per heavy atom. The molecule has 0 atom stereocenters. The van der Waals surface area contributed by atoms with E-state index in [9.17, 15) is 23.1 Å². The number of hydrogen-bond acceptors (Lipinski definition) is 5. The van der Waals surface area contributed by atoms with E-state index in [2.05, 4.69) is 15.3 Å². The molecule has 0 radical (unpaired) electrons. The Balaban J connectivity index is 1.67. The largest absolute Gasteiger partial charge is 0.506 e. The number of rotatable bonds is 3. The summed E-state index contributed by atoms with van der Waals surface area (Å²) in [7, 11) is 0. The van der Waals surface area contributed by atoms with Crippen molar-refractivity contribution < 1.29 is 23.1 Å². The fraction of sp³-hybridized carbons (Fsp3) is 0.0500. The number of nitrogens with one attached hydrogen (secondary N) is 1. The molecule has 1 amide bonds. The second kappa shape index (κ2) is 7.58. The van der Waals surface area contributed by atoms with Gasteiger partial charge in [-0.1, -0.05) is 29.0 Å². The Hall–Kier alpha value is -3.17. The highest BCUT2D eigenvalue weighted by Gasteiger charge is 2.30. The van der Waals surface area contributed by atoms with Gasteiger partial charge in [-0.05, 0) is 36.4 Å². The van der Waals surface area contributed by atoms with Crippen LogP contribution in [0.15, 0.2) is 54.9 Å². The summed E-state index contributed by atoms with van der Waals surface area (Å²) in [6.07, 6.45) is -1.40. The summed E-state index contributed by atoms with van der Waals surface area (Å²) < 4.78 is 38.9. The summed E-state index contributed by atoms with van der Waals surface area (Å²) in [5.41, 5.74) is 0.294. The van der Waals surface area contributed by atoms with Gasteiger partial charge in [-0.3, -0.25) is 15.1 Å². The summed E-state index contributed by atoms with van der Waals surface area (Å²) in [6.45, 7) is 0. The number of hydrogen-bond donors (Lipinski definition) is 2. The lowest BCUT2D eigenvalue weighted by molar-refractivity contribution is -0.137. The highest BCUT2D eigenvalue weighted by atomic mass is 35.5. The van der Waals surface area contributed by atoms with E-state index < -0.39 is 17.6 Å². The van der Waals surface area contributed by atoms with Crippen molar-refractivity contribution in [3.63, 3.8) is 0 Å². The van der Waals surface area contributed by atoms with Crippen molar-refractivity contribution in [3.05, 3.63) is 71.0 Å².